The van der Waals surface area contributed by atoms with Crippen LogP contribution in [-0.2, 0) is 23.2 Å². The molecule has 140 valence electrons. The van der Waals surface area contributed by atoms with Gasteiger partial charge in [-0.1, -0.05) is 35.9 Å². The minimum atomic E-state index is -1.02. The van der Waals surface area contributed by atoms with Crippen molar-refractivity contribution in [2.24, 2.45) is 0 Å². The van der Waals surface area contributed by atoms with Crippen LogP contribution < -0.4 is 10.1 Å². The van der Waals surface area contributed by atoms with Crippen molar-refractivity contribution in [3.8, 4) is 5.75 Å². The standard InChI is InChI=1S/C22H24N2O3/c1-15-6-10-19(11-7-15)27-13-12-24-20(25)22(2,23-21(24)26)18-9-8-16-4-3-5-17(16)14-18/h6-11,14H,3-5,12-13H2,1-2H3,(H,23,26). The number of aryl methyl sites for hydroxylation is 3. The Labute approximate surface area is 159 Å². The van der Waals surface area contributed by atoms with E-state index in [1.807, 2.05) is 37.3 Å². The first kappa shape index (κ1) is 17.6. The Hall–Kier alpha value is -2.82. The number of carbonyl (C=O) groups is 2. The fourth-order valence-electron chi connectivity index (χ4n) is 3.87. The molecule has 0 spiro atoms. The van der Waals surface area contributed by atoms with E-state index in [9.17, 15) is 9.59 Å². The van der Waals surface area contributed by atoms with Crippen LogP contribution in [0.1, 0.15) is 35.6 Å². The highest BCUT2D eigenvalue weighted by atomic mass is 16.5. The quantitative estimate of drug-likeness (QED) is 0.828. The summed E-state index contributed by atoms with van der Waals surface area (Å²) in [5.74, 6) is 0.506. The molecular formula is C22H24N2O3. The number of urea groups is 1. The molecule has 0 bridgehead atoms. The van der Waals surface area contributed by atoms with Crippen molar-refractivity contribution < 1.29 is 14.3 Å². The molecule has 1 aliphatic carbocycles. The fourth-order valence-corrected chi connectivity index (χ4v) is 3.87. The van der Waals surface area contributed by atoms with Gasteiger partial charge in [0.15, 0.2) is 0 Å². The van der Waals surface area contributed by atoms with Gasteiger partial charge in [-0.25, -0.2) is 4.79 Å². The lowest BCUT2D eigenvalue weighted by Gasteiger charge is -2.23. The summed E-state index contributed by atoms with van der Waals surface area (Å²) in [7, 11) is 0. The second-order valence-electron chi connectivity index (χ2n) is 7.51. The minimum Gasteiger partial charge on any atom is -0.492 e. The number of imide groups is 1. The first-order valence-corrected chi connectivity index (χ1v) is 9.43. The largest absolute Gasteiger partial charge is 0.492 e. The van der Waals surface area contributed by atoms with E-state index in [0.29, 0.717) is 0 Å². The van der Waals surface area contributed by atoms with Crippen LogP contribution >= 0.6 is 0 Å². The van der Waals surface area contributed by atoms with E-state index in [0.717, 1.165) is 36.1 Å². The average molecular weight is 364 g/mol. The van der Waals surface area contributed by atoms with Crippen LogP contribution in [0.3, 0.4) is 0 Å². The second kappa shape index (κ2) is 6.72. The van der Waals surface area contributed by atoms with Gasteiger partial charge < -0.3 is 10.1 Å². The Bertz CT molecular complexity index is 891. The van der Waals surface area contributed by atoms with Crippen LogP contribution in [-0.4, -0.2) is 30.0 Å². The molecule has 0 aromatic heterocycles. The lowest BCUT2D eigenvalue weighted by molar-refractivity contribution is -0.131. The predicted molar refractivity (Wildman–Crippen MR) is 103 cm³/mol. The molecule has 1 aliphatic heterocycles. The van der Waals surface area contributed by atoms with Gasteiger partial charge in [0.1, 0.15) is 17.9 Å². The first-order valence-electron chi connectivity index (χ1n) is 9.43. The fraction of sp³-hybridized carbons (Fsp3) is 0.364. The van der Waals surface area contributed by atoms with Crippen LogP contribution in [0.25, 0.3) is 0 Å². The summed E-state index contributed by atoms with van der Waals surface area (Å²) in [5, 5.41) is 2.88. The number of benzene rings is 2. The van der Waals surface area contributed by atoms with E-state index >= 15 is 0 Å². The number of nitrogens with zero attached hydrogens (tertiary/aromatic N) is 1. The van der Waals surface area contributed by atoms with E-state index in [1.165, 1.54) is 16.0 Å². The Morgan fingerprint density at radius 1 is 1.07 bits per heavy atom. The van der Waals surface area contributed by atoms with Gasteiger partial charge >= 0.3 is 6.03 Å². The van der Waals surface area contributed by atoms with Crippen molar-refractivity contribution in [2.45, 2.75) is 38.6 Å². The van der Waals surface area contributed by atoms with Gasteiger partial charge in [-0.3, -0.25) is 9.69 Å². The Balaban J connectivity index is 1.45. The zero-order valence-electron chi connectivity index (χ0n) is 15.7. The van der Waals surface area contributed by atoms with Gasteiger partial charge in [-0.2, -0.15) is 0 Å². The third-order valence-corrected chi connectivity index (χ3v) is 5.56. The Kier molecular flexibility index (Phi) is 4.38. The first-order chi connectivity index (χ1) is 13.0. The maximum atomic E-state index is 13.0. The SMILES string of the molecule is Cc1ccc(OCCN2C(=O)NC(C)(c3ccc4c(c3)CCC4)C2=O)cc1. The second-order valence-corrected chi connectivity index (χ2v) is 7.51. The third kappa shape index (κ3) is 3.18. The van der Waals surface area contributed by atoms with Crippen LogP contribution in [0, 0.1) is 6.92 Å². The molecule has 1 heterocycles. The summed E-state index contributed by atoms with van der Waals surface area (Å²) in [4.78, 5) is 26.7. The molecule has 5 heteroatoms. The number of hydrogen-bond donors (Lipinski definition) is 1. The molecule has 2 aromatic carbocycles. The molecular weight excluding hydrogens is 340 g/mol. The van der Waals surface area contributed by atoms with E-state index in [2.05, 4.69) is 17.4 Å². The van der Waals surface area contributed by atoms with Crippen LogP contribution in [0.4, 0.5) is 4.79 Å². The molecule has 3 amide bonds. The molecule has 0 saturated carbocycles. The summed E-state index contributed by atoms with van der Waals surface area (Å²) in [6, 6.07) is 13.5. The highest BCUT2D eigenvalue weighted by Crippen LogP contribution is 2.32. The molecule has 1 unspecified atom stereocenters. The number of ether oxygens (including phenoxy) is 1. The lowest BCUT2D eigenvalue weighted by Crippen LogP contribution is -2.41. The number of carbonyl (C=O) groups excluding carboxylic acids is 2. The molecule has 5 nitrogen and oxygen atoms in total. The molecule has 0 radical (unpaired) electrons. The van der Waals surface area contributed by atoms with Crippen molar-refractivity contribution >= 4 is 11.9 Å². The summed E-state index contributed by atoms with van der Waals surface area (Å²) in [6.45, 7) is 4.28. The van der Waals surface area contributed by atoms with Crippen molar-refractivity contribution in [1.82, 2.24) is 10.2 Å². The monoisotopic (exact) mass is 364 g/mol. The third-order valence-electron chi connectivity index (χ3n) is 5.56. The zero-order chi connectivity index (χ0) is 19.0. The van der Waals surface area contributed by atoms with Crippen LogP contribution in [0.5, 0.6) is 5.75 Å². The maximum absolute atomic E-state index is 13.0. The van der Waals surface area contributed by atoms with Crippen molar-refractivity contribution in [2.75, 3.05) is 13.2 Å². The molecule has 4 rings (SSSR count). The molecule has 1 N–H and O–H groups in total. The topological polar surface area (TPSA) is 58.6 Å². The van der Waals surface area contributed by atoms with E-state index in [-0.39, 0.29) is 25.1 Å². The highest BCUT2D eigenvalue weighted by Gasteiger charge is 2.49. The van der Waals surface area contributed by atoms with Gasteiger partial charge in [0.05, 0.1) is 6.54 Å². The zero-order valence-corrected chi connectivity index (χ0v) is 15.7. The Morgan fingerprint density at radius 3 is 2.59 bits per heavy atom. The smallest absolute Gasteiger partial charge is 0.325 e. The molecule has 2 aliphatic rings. The van der Waals surface area contributed by atoms with Crippen molar-refractivity contribution in [3.63, 3.8) is 0 Å². The van der Waals surface area contributed by atoms with E-state index in [1.54, 1.807) is 6.92 Å². The number of fused-ring (bicyclic) bond motifs is 1. The number of amides is 3. The molecule has 1 saturated heterocycles. The van der Waals surface area contributed by atoms with Gasteiger partial charge in [-0.05, 0) is 61.9 Å². The van der Waals surface area contributed by atoms with Gasteiger partial charge in [0, 0.05) is 0 Å². The van der Waals surface area contributed by atoms with E-state index < -0.39 is 5.54 Å². The molecule has 27 heavy (non-hydrogen) atoms. The summed E-state index contributed by atoms with van der Waals surface area (Å²) < 4.78 is 5.68. The van der Waals surface area contributed by atoms with Crippen LogP contribution in [0.2, 0.25) is 0 Å². The van der Waals surface area contributed by atoms with E-state index in [4.69, 9.17) is 4.74 Å². The van der Waals surface area contributed by atoms with Crippen molar-refractivity contribution in [1.29, 1.82) is 0 Å². The number of rotatable bonds is 5. The summed E-state index contributed by atoms with van der Waals surface area (Å²) >= 11 is 0. The molecule has 1 atom stereocenters. The summed E-state index contributed by atoms with van der Waals surface area (Å²) in [5.41, 5.74) is 3.63. The normalized spacial score (nSPS) is 21.3. The number of hydrogen-bond acceptors (Lipinski definition) is 3. The maximum Gasteiger partial charge on any atom is 0.325 e. The highest BCUT2D eigenvalue weighted by molar-refractivity contribution is 6.07. The van der Waals surface area contributed by atoms with Crippen LogP contribution in [0.15, 0.2) is 42.5 Å². The van der Waals surface area contributed by atoms with Crippen molar-refractivity contribution in [3.05, 3.63) is 64.7 Å². The average Bonchev–Trinajstić information content (AvgIpc) is 3.21. The molecule has 2 aromatic rings. The summed E-state index contributed by atoms with van der Waals surface area (Å²) in [6.07, 6.45) is 3.28. The van der Waals surface area contributed by atoms with Gasteiger partial charge in [-0.15, -0.1) is 0 Å². The lowest BCUT2D eigenvalue weighted by atomic mass is 9.90. The minimum absolute atomic E-state index is 0.221. The van der Waals surface area contributed by atoms with Gasteiger partial charge in [0.2, 0.25) is 0 Å². The van der Waals surface area contributed by atoms with Gasteiger partial charge in [0.25, 0.3) is 5.91 Å². The number of nitrogens with one attached hydrogen (secondary N) is 1. The molecule has 1 fully saturated rings. The predicted octanol–water partition coefficient (Wildman–Crippen LogP) is 3.33. The Morgan fingerprint density at radius 2 is 1.81 bits per heavy atom.